The number of ether oxygens (including phenoxy) is 1. The second-order valence-corrected chi connectivity index (χ2v) is 8.61. The Morgan fingerprint density at radius 3 is 2.50 bits per heavy atom. The fourth-order valence-electron chi connectivity index (χ4n) is 2.56. The van der Waals surface area contributed by atoms with Gasteiger partial charge in [0.2, 0.25) is 5.82 Å². The minimum atomic E-state index is -3.25. The first-order valence-corrected chi connectivity index (χ1v) is 10.8. The minimum Gasteiger partial charge on any atom is -0.482 e. The first-order valence-electron chi connectivity index (χ1n) is 8.81. The molecular formula is C20H25N3O4S. The number of rotatable bonds is 7. The molecule has 0 saturated heterocycles. The standard InChI is InChI=1S/C20H25N3O4S/c1-13-8-6-7-9-17(13)16(4)27-18-12-21-19(23-15(18)3)20(24)22-14(2)10-11-28(5,25)26/h6-12,14,16H,1-5H3,(H,22,24)/b11-10+/t14-,16+/m1/s1. The van der Waals surface area contributed by atoms with Crippen LogP contribution in [0, 0.1) is 13.8 Å². The number of amides is 1. The van der Waals surface area contributed by atoms with E-state index >= 15 is 0 Å². The van der Waals surface area contributed by atoms with Crippen LogP contribution in [0.3, 0.4) is 0 Å². The number of carbonyl (C=O) groups is 1. The van der Waals surface area contributed by atoms with Crippen molar-refractivity contribution >= 4 is 15.7 Å². The zero-order valence-corrected chi connectivity index (χ0v) is 17.4. The van der Waals surface area contributed by atoms with Gasteiger partial charge in [0.1, 0.15) is 6.10 Å². The molecule has 8 heteroatoms. The lowest BCUT2D eigenvalue weighted by Gasteiger charge is -2.18. The number of aromatic nitrogens is 2. The van der Waals surface area contributed by atoms with Crippen LogP contribution in [0.25, 0.3) is 0 Å². The topological polar surface area (TPSA) is 98.2 Å². The number of sulfone groups is 1. The Kier molecular flexibility index (Phi) is 6.90. The normalized spacial score (nSPS) is 13.9. The van der Waals surface area contributed by atoms with E-state index in [9.17, 15) is 13.2 Å². The SMILES string of the molecule is Cc1ccccc1[C@H](C)Oc1cnc(C(=O)N[C@H](C)/C=C/S(C)(=O)=O)nc1C. The molecule has 0 radical (unpaired) electrons. The molecule has 0 fully saturated rings. The highest BCUT2D eigenvalue weighted by atomic mass is 32.2. The van der Waals surface area contributed by atoms with E-state index in [0.717, 1.165) is 22.8 Å². The predicted molar refractivity (Wildman–Crippen MR) is 108 cm³/mol. The van der Waals surface area contributed by atoms with Crippen molar-refractivity contribution < 1.29 is 17.9 Å². The Morgan fingerprint density at radius 1 is 1.21 bits per heavy atom. The van der Waals surface area contributed by atoms with E-state index in [1.165, 1.54) is 12.3 Å². The summed E-state index contributed by atoms with van der Waals surface area (Å²) in [6.45, 7) is 7.36. The lowest BCUT2D eigenvalue weighted by molar-refractivity contribution is 0.0935. The van der Waals surface area contributed by atoms with Crippen LogP contribution in [0.4, 0.5) is 0 Å². The Morgan fingerprint density at radius 2 is 1.89 bits per heavy atom. The third-order valence-corrected chi connectivity index (χ3v) is 4.69. The molecule has 0 bridgehead atoms. The molecule has 0 unspecified atom stereocenters. The lowest BCUT2D eigenvalue weighted by atomic mass is 10.0. The van der Waals surface area contributed by atoms with E-state index in [0.29, 0.717) is 11.4 Å². The Bertz CT molecular complexity index is 987. The number of hydrogen-bond acceptors (Lipinski definition) is 6. The average molecular weight is 404 g/mol. The Balaban J connectivity index is 2.08. The van der Waals surface area contributed by atoms with Crippen LogP contribution >= 0.6 is 0 Å². The van der Waals surface area contributed by atoms with Gasteiger partial charge < -0.3 is 10.1 Å². The average Bonchev–Trinajstić information content (AvgIpc) is 2.61. The molecular weight excluding hydrogens is 378 g/mol. The fourth-order valence-corrected chi connectivity index (χ4v) is 3.08. The molecule has 2 atom stereocenters. The van der Waals surface area contributed by atoms with E-state index in [-0.39, 0.29) is 11.9 Å². The summed E-state index contributed by atoms with van der Waals surface area (Å²) >= 11 is 0. The summed E-state index contributed by atoms with van der Waals surface area (Å²) in [4.78, 5) is 20.6. The van der Waals surface area contributed by atoms with Gasteiger partial charge in [-0.25, -0.2) is 18.4 Å². The summed E-state index contributed by atoms with van der Waals surface area (Å²) in [6.07, 6.45) is 3.76. The maximum Gasteiger partial charge on any atom is 0.289 e. The smallest absolute Gasteiger partial charge is 0.289 e. The van der Waals surface area contributed by atoms with Crippen LogP contribution in [0.2, 0.25) is 0 Å². The first-order chi connectivity index (χ1) is 13.1. The van der Waals surface area contributed by atoms with E-state index < -0.39 is 21.8 Å². The molecule has 0 aliphatic heterocycles. The van der Waals surface area contributed by atoms with Crippen LogP contribution < -0.4 is 10.1 Å². The highest BCUT2D eigenvalue weighted by molar-refractivity contribution is 7.93. The van der Waals surface area contributed by atoms with Gasteiger partial charge in [-0.05, 0) is 38.8 Å². The van der Waals surface area contributed by atoms with E-state index in [1.54, 1.807) is 13.8 Å². The molecule has 1 amide bonds. The van der Waals surface area contributed by atoms with Gasteiger partial charge in [0.05, 0.1) is 11.9 Å². The third-order valence-electron chi connectivity index (χ3n) is 4.04. The molecule has 1 aromatic heterocycles. The Labute approximate surface area is 165 Å². The molecule has 0 aliphatic carbocycles. The molecule has 1 N–H and O–H groups in total. The number of aryl methyl sites for hydroxylation is 2. The van der Waals surface area contributed by atoms with Gasteiger partial charge in [-0.1, -0.05) is 30.3 Å². The molecule has 28 heavy (non-hydrogen) atoms. The van der Waals surface area contributed by atoms with Crippen LogP contribution in [0.1, 0.15) is 47.4 Å². The van der Waals surface area contributed by atoms with Crippen molar-refractivity contribution in [2.24, 2.45) is 0 Å². The van der Waals surface area contributed by atoms with Gasteiger partial charge in [0.15, 0.2) is 15.6 Å². The lowest BCUT2D eigenvalue weighted by Crippen LogP contribution is -2.32. The maximum absolute atomic E-state index is 12.3. The van der Waals surface area contributed by atoms with Crippen LogP contribution in [0.15, 0.2) is 41.9 Å². The highest BCUT2D eigenvalue weighted by Crippen LogP contribution is 2.25. The van der Waals surface area contributed by atoms with Gasteiger partial charge in [0.25, 0.3) is 5.91 Å². The first kappa shape index (κ1) is 21.6. The molecule has 7 nitrogen and oxygen atoms in total. The molecule has 150 valence electrons. The zero-order chi connectivity index (χ0) is 20.9. The molecule has 0 saturated carbocycles. The number of benzene rings is 1. The summed E-state index contributed by atoms with van der Waals surface area (Å²) in [5, 5.41) is 3.68. The van der Waals surface area contributed by atoms with Crippen LogP contribution in [-0.2, 0) is 9.84 Å². The number of nitrogens with zero attached hydrogens (tertiary/aromatic N) is 2. The fraction of sp³-hybridized carbons (Fsp3) is 0.350. The van der Waals surface area contributed by atoms with E-state index in [4.69, 9.17) is 4.74 Å². The van der Waals surface area contributed by atoms with Crippen molar-refractivity contribution in [1.82, 2.24) is 15.3 Å². The molecule has 2 aromatic rings. The predicted octanol–water partition coefficient (Wildman–Crippen LogP) is 2.91. The van der Waals surface area contributed by atoms with Crippen LogP contribution in [0.5, 0.6) is 5.75 Å². The van der Waals surface area contributed by atoms with Gasteiger partial charge in [-0.15, -0.1) is 0 Å². The van der Waals surface area contributed by atoms with E-state index in [2.05, 4.69) is 15.3 Å². The molecule has 0 aliphatic rings. The second kappa shape index (κ2) is 8.97. The molecule has 1 aromatic carbocycles. The quantitative estimate of drug-likeness (QED) is 0.763. The largest absolute Gasteiger partial charge is 0.482 e. The zero-order valence-electron chi connectivity index (χ0n) is 16.6. The number of carbonyl (C=O) groups excluding carboxylic acids is 1. The summed E-state index contributed by atoms with van der Waals surface area (Å²) in [6, 6.07) is 7.47. The van der Waals surface area contributed by atoms with Crippen molar-refractivity contribution in [3.05, 3.63) is 64.6 Å². The summed E-state index contributed by atoms with van der Waals surface area (Å²) in [5.41, 5.74) is 2.73. The molecule has 1 heterocycles. The van der Waals surface area contributed by atoms with Crippen molar-refractivity contribution in [3.8, 4) is 5.75 Å². The van der Waals surface area contributed by atoms with Crippen molar-refractivity contribution in [1.29, 1.82) is 0 Å². The third kappa shape index (κ3) is 6.16. The second-order valence-electron chi connectivity index (χ2n) is 6.68. The summed E-state index contributed by atoms with van der Waals surface area (Å²) < 4.78 is 28.3. The summed E-state index contributed by atoms with van der Waals surface area (Å²) in [5.74, 6) is -0.00224. The van der Waals surface area contributed by atoms with Gasteiger partial charge >= 0.3 is 0 Å². The highest BCUT2D eigenvalue weighted by Gasteiger charge is 2.16. The monoisotopic (exact) mass is 403 g/mol. The van der Waals surface area contributed by atoms with Crippen molar-refractivity contribution in [2.45, 2.75) is 39.8 Å². The minimum absolute atomic E-state index is 0.00648. The van der Waals surface area contributed by atoms with Crippen molar-refractivity contribution in [3.63, 3.8) is 0 Å². The van der Waals surface area contributed by atoms with Gasteiger partial charge in [-0.2, -0.15) is 0 Å². The van der Waals surface area contributed by atoms with E-state index in [1.807, 2.05) is 38.1 Å². The summed E-state index contributed by atoms with van der Waals surface area (Å²) in [7, 11) is -3.25. The van der Waals surface area contributed by atoms with Gasteiger partial charge in [0, 0.05) is 17.7 Å². The van der Waals surface area contributed by atoms with Gasteiger partial charge in [-0.3, -0.25) is 4.79 Å². The maximum atomic E-state index is 12.3. The number of nitrogens with one attached hydrogen (secondary N) is 1. The molecule has 2 rings (SSSR count). The van der Waals surface area contributed by atoms with Crippen LogP contribution in [-0.4, -0.2) is 36.6 Å². The Hall–Kier alpha value is -2.74. The van der Waals surface area contributed by atoms with Crippen molar-refractivity contribution in [2.75, 3.05) is 6.26 Å². The molecule has 0 spiro atoms. The number of hydrogen-bond donors (Lipinski definition) is 1.